The number of ketones is 1. The summed E-state index contributed by atoms with van der Waals surface area (Å²) < 4.78 is 31.5. The fourth-order valence-electron chi connectivity index (χ4n) is 3.94. The lowest BCUT2D eigenvalue weighted by Crippen LogP contribution is -2.49. The number of halogens is 2. The van der Waals surface area contributed by atoms with E-state index in [-0.39, 0.29) is 23.7 Å². The smallest absolute Gasteiger partial charge is 0.218 e. The summed E-state index contributed by atoms with van der Waals surface area (Å²) in [6.07, 6.45) is 1.27. The lowest BCUT2D eigenvalue weighted by molar-refractivity contribution is -0.223. The van der Waals surface area contributed by atoms with Crippen molar-refractivity contribution in [3.05, 3.63) is 0 Å². The van der Waals surface area contributed by atoms with E-state index in [4.69, 9.17) is 25.8 Å². The average Bonchev–Trinajstić information content (AvgIpc) is 2.60. The Hall–Kier alpha value is -0.230. The van der Waals surface area contributed by atoms with E-state index in [1.807, 2.05) is 6.92 Å². The summed E-state index contributed by atoms with van der Waals surface area (Å²) in [6.45, 7) is 5.74. The summed E-state index contributed by atoms with van der Waals surface area (Å²) in [5.41, 5.74) is 0. The number of ether oxygens (including phenoxy) is 3. The Labute approximate surface area is 148 Å². The highest BCUT2D eigenvalue weighted by Gasteiger charge is 2.44. The first-order chi connectivity index (χ1) is 11.5. The number of Topliss-reactive ketones (excluding diaryl/α,β-unsaturated/α-hetero) is 1. The Kier molecular flexibility index (Phi) is 6.17. The number of carbonyl (C=O) groups is 1. The van der Waals surface area contributed by atoms with Gasteiger partial charge in [-0.05, 0) is 37.5 Å². The van der Waals surface area contributed by atoms with Crippen molar-refractivity contribution in [2.75, 3.05) is 19.8 Å². The minimum absolute atomic E-state index is 0.0918. The molecular formula is C18H28ClFO4. The molecule has 4 nitrogen and oxygen atoms in total. The minimum atomic E-state index is -1.32. The van der Waals surface area contributed by atoms with E-state index >= 15 is 0 Å². The van der Waals surface area contributed by atoms with Crippen LogP contribution in [0.5, 0.6) is 0 Å². The molecule has 0 aromatic rings. The molecule has 0 spiro atoms. The van der Waals surface area contributed by atoms with Crippen molar-refractivity contribution in [3.63, 3.8) is 0 Å². The zero-order valence-electron chi connectivity index (χ0n) is 14.5. The van der Waals surface area contributed by atoms with Crippen LogP contribution in [0.1, 0.15) is 39.5 Å². The van der Waals surface area contributed by atoms with E-state index in [0.29, 0.717) is 25.6 Å². The maximum absolute atomic E-state index is 14.4. The number of carbonyl (C=O) groups excluding carboxylic acids is 1. The molecule has 2 saturated heterocycles. The average molecular weight is 363 g/mol. The first-order valence-corrected chi connectivity index (χ1v) is 9.57. The van der Waals surface area contributed by atoms with Gasteiger partial charge in [-0.1, -0.05) is 13.8 Å². The molecule has 1 aliphatic carbocycles. The van der Waals surface area contributed by atoms with Crippen molar-refractivity contribution in [1.29, 1.82) is 0 Å². The second-order valence-electron chi connectivity index (χ2n) is 7.77. The summed E-state index contributed by atoms with van der Waals surface area (Å²) in [4.78, 5) is 12.6. The number of hydrogen-bond donors (Lipinski definition) is 0. The van der Waals surface area contributed by atoms with Gasteiger partial charge in [-0.3, -0.25) is 4.79 Å². The fraction of sp³-hybridized carbons (Fsp3) is 0.944. The summed E-state index contributed by atoms with van der Waals surface area (Å²) in [5.74, 6) is -0.169. The van der Waals surface area contributed by atoms with Crippen molar-refractivity contribution >= 4 is 17.4 Å². The molecule has 24 heavy (non-hydrogen) atoms. The normalized spacial score (nSPS) is 47.3. The molecular weight excluding hydrogens is 335 g/mol. The Bertz CT molecular complexity index is 433. The monoisotopic (exact) mass is 362 g/mol. The van der Waals surface area contributed by atoms with Gasteiger partial charge in [0.2, 0.25) is 6.29 Å². The van der Waals surface area contributed by atoms with Crippen LogP contribution in [0.25, 0.3) is 0 Å². The van der Waals surface area contributed by atoms with Crippen LogP contribution in [0.3, 0.4) is 0 Å². The van der Waals surface area contributed by atoms with Crippen LogP contribution in [0, 0.1) is 23.7 Å². The van der Waals surface area contributed by atoms with Crippen molar-refractivity contribution in [1.82, 2.24) is 0 Å². The van der Waals surface area contributed by atoms with Gasteiger partial charge in [-0.2, -0.15) is 0 Å². The van der Waals surface area contributed by atoms with E-state index in [9.17, 15) is 9.18 Å². The maximum Gasteiger partial charge on any atom is 0.218 e. The SMILES string of the molecule is CC1CCC(C2COC(C(=O)C3CCC(C)C(Cl)C3F)OC2)OC1. The van der Waals surface area contributed by atoms with Crippen LogP contribution in [0.15, 0.2) is 0 Å². The van der Waals surface area contributed by atoms with Gasteiger partial charge in [0.1, 0.15) is 6.17 Å². The van der Waals surface area contributed by atoms with Gasteiger partial charge in [0, 0.05) is 12.5 Å². The van der Waals surface area contributed by atoms with Gasteiger partial charge < -0.3 is 14.2 Å². The topological polar surface area (TPSA) is 44.8 Å². The summed E-state index contributed by atoms with van der Waals surface area (Å²) >= 11 is 6.11. The molecule has 3 aliphatic rings. The third kappa shape index (κ3) is 3.95. The highest BCUT2D eigenvalue weighted by atomic mass is 35.5. The summed E-state index contributed by atoms with van der Waals surface area (Å²) in [7, 11) is 0. The van der Waals surface area contributed by atoms with Crippen molar-refractivity contribution in [2.45, 2.75) is 63.5 Å². The molecule has 0 aromatic heterocycles. The van der Waals surface area contributed by atoms with Crippen LogP contribution in [-0.2, 0) is 19.0 Å². The Balaban J connectivity index is 1.50. The second kappa shape index (κ2) is 7.98. The molecule has 6 unspecified atom stereocenters. The molecule has 0 radical (unpaired) electrons. The molecule has 2 heterocycles. The predicted molar refractivity (Wildman–Crippen MR) is 88.8 cm³/mol. The van der Waals surface area contributed by atoms with E-state index in [1.165, 1.54) is 0 Å². The van der Waals surface area contributed by atoms with Gasteiger partial charge in [0.15, 0.2) is 5.78 Å². The van der Waals surface area contributed by atoms with Crippen LogP contribution in [0.4, 0.5) is 4.39 Å². The minimum Gasteiger partial charge on any atom is -0.377 e. The lowest BCUT2D eigenvalue weighted by atomic mass is 9.78. The standard InChI is InChI=1S/C18H28ClFO4/c1-10-3-6-14(22-7-10)12-8-23-18(24-9-12)17(21)13-5-4-11(2)15(19)16(13)20/h10-16,18H,3-9H2,1-2H3. The van der Waals surface area contributed by atoms with Gasteiger partial charge in [-0.15, -0.1) is 11.6 Å². The first-order valence-electron chi connectivity index (χ1n) is 9.14. The van der Waals surface area contributed by atoms with Crippen molar-refractivity contribution in [3.8, 4) is 0 Å². The van der Waals surface area contributed by atoms with Gasteiger partial charge in [-0.25, -0.2) is 4.39 Å². The van der Waals surface area contributed by atoms with Crippen LogP contribution in [0.2, 0.25) is 0 Å². The third-order valence-corrected chi connectivity index (χ3v) is 6.42. The maximum atomic E-state index is 14.4. The zero-order valence-corrected chi connectivity index (χ0v) is 15.2. The van der Waals surface area contributed by atoms with E-state index in [2.05, 4.69) is 6.92 Å². The van der Waals surface area contributed by atoms with Gasteiger partial charge in [0.05, 0.1) is 30.6 Å². The Morgan fingerprint density at radius 3 is 2.33 bits per heavy atom. The second-order valence-corrected chi connectivity index (χ2v) is 8.27. The molecule has 1 saturated carbocycles. The first kappa shape index (κ1) is 18.6. The number of rotatable bonds is 3. The molecule has 2 aliphatic heterocycles. The van der Waals surface area contributed by atoms with E-state index in [1.54, 1.807) is 0 Å². The predicted octanol–water partition coefficient (Wildman–Crippen LogP) is 3.35. The quantitative estimate of drug-likeness (QED) is 0.722. The Morgan fingerprint density at radius 2 is 1.71 bits per heavy atom. The number of alkyl halides is 2. The highest BCUT2D eigenvalue weighted by Crippen LogP contribution is 2.37. The molecule has 3 rings (SSSR count). The van der Waals surface area contributed by atoms with Gasteiger partial charge >= 0.3 is 0 Å². The fourth-order valence-corrected chi connectivity index (χ4v) is 4.24. The van der Waals surface area contributed by atoms with Gasteiger partial charge in [0.25, 0.3) is 0 Å². The molecule has 0 bridgehead atoms. The molecule has 6 atom stereocenters. The Morgan fingerprint density at radius 1 is 1.00 bits per heavy atom. The molecule has 0 amide bonds. The van der Waals surface area contributed by atoms with Crippen LogP contribution < -0.4 is 0 Å². The van der Waals surface area contributed by atoms with Crippen LogP contribution in [-0.4, -0.2) is 49.5 Å². The van der Waals surface area contributed by atoms with Crippen molar-refractivity contribution < 1.29 is 23.4 Å². The highest BCUT2D eigenvalue weighted by molar-refractivity contribution is 6.21. The largest absolute Gasteiger partial charge is 0.377 e. The third-order valence-electron chi connectivity index (χ3n) is 5.75. The molecule has 0 aromatic carbocycles. The van der Waals surface area contributed by atoms with Crippen molar-refractivity contribution in [2.24, 2.45) is 23.7 Å². The summed E-state index contributed by atoms with van der Waals surface area (Å²) in [6, 6.07) is 0. The summed E-state index contributed by atoms with van der Waals surface area (Å²) in [5, 5.41) is -0.610. The zero-order chi connectivity index (χ0) is 17.3. The molecule has 6 heteroatoms. The van der Waals surface area contributed by atoms with Crippen LogP contribution >= 0.6 is 11.6 Å². The molecule has 138 valence electrons. The molecule has 0 N–H and O–H groups in total. The molecule has 3 fully saturated rings. The lowest BCUT2D eigenvalue weighted by Gasteiger charge is -2.39. The van der Waals surface area contributed by atoms with E-state index in [0.717, 1.165) is 25.9 Å². The van der Waals surface area contributed by atoms with E-state index < -0.39 is 23.8 Å². The number of hydrogen-bond acceptors (Lipinski definition) is 4.